The van der Waals surface area contributed by atoms with Crippen LogP contribution in [0.4, 0.5) is 0 Å². The van der Waals surface area contributed by atoms with E-state index in [9.17, 15) is 4.79 Å². The average molecular weight is 399 g/mol. The normalized spacial score (nSPS) is 28.4. The molecule has 0 spiro atoms. The lowest BCUT2D eigenvalue weighted by Gasteiger charge is -2.45. The van der Waals surface area contributed by atoms with Gasteiger partial charge in [-0.25, -0.2) is 0 Å². The van der Waals surface area contributed by atoms with Crippen LogP contribution in [0.2, 0.25) is 0 Å². The van der Waals surface area contributed by atoms with Crippen molar-refractivity contribution >= 4 is 5.91 Å². The third-order valence-corrected chi connectivity index (χ3v) is 7.80. The quantitative estimate of drug-likeness (QED) is 0.747. The molecule has 0 aromatic heterocycles. The van der Waals surface area contributed by atoms with Crippen LogP contribution < -0.4 is 0 Å². The van der Waals surface area contributed by atoms with Crippen LogP contribution >= 0.6 is 0 Å². The highest BCUT2D eigenvalue weighted by atomic mass is 16.5. The van der Waals surface area contributed by atoms with Gasteiger partial charge < -0.3 is 14.5 Å². The van der Waals surface area contributed by atoms with E-state index in [1.165, 1.54) is 37.7 Å². The topological polar surface area (TPSA) is 32.8 Å². The minimum absolute atomic E-state index is 0.172. The summed E-state index contributed by atoms with van der Waals surface area (Å²) in [5, 5.41) is 0. The maximum absolute atomic E-state index is 13.7. The molecule has 3 heterocycles. The molecule has 0 saturated carbocycles. The van der Waals surface area contributed by atoms with Gasteiger partial charge in [-0.05, 0) is 69.5 Å². The Morgan fingerprint density at radius 3 is 2.45 bits per heavy atom. The lowest BCUT2D eigenvalue weighted by Crippen LogP contribution is -2.51. The summed E-state index contributed by atoms with van der Waals surface area (Å²) in [4.78, 5) is 18.5. The van der Waals surface area contributed by atoms with E-state index in [1.54, 1.807) is 0 Å². The minimum atomic E-state index is -0.172. The average Bonchev–Trinajstić information content (AvgIpc) is 2.93. The van der Waals surface area contributed by atoms with E-state index in [2.05, 4.69) is 47.1 Å². The number of amides is 1. The zero-order valence-corrected chi connectivity index (χ0v) is 18.2. The van der Waals surface area contributed by atoms with E-state index < -0.39 is 0 Å². The Hall–Kier alpha value is -1.39. The number of piperidine rings is 1. The molecule has 160 valence electrons. The van der Waals surface area contributed by atoms with E-state index in [0.29, 0.717) is 17.9 Å². The zero-order chi connectivity index (χ0) is 20.1. The zero-order valence-electron chi connectivity index (χ0n) is 18.2. The Morgan fingerprint density at radius 1 is 1.00 bits per heavy atom. The molecule has 0 radical (unpaired) electrons. The summed E-state index contributed by atoms with van der Waals surface area (Å²) >= 11 is 0. The summed E-state index contributed by atoms with van der Waals surface area (Å²) in [6.07, 6.45) is 9.06. The van der Waals surface area contributed by atoms with Crippen LogP contribution in [-0.4, -0.2) is 61.1 Å². The molecule has 1 amide bonds. The summed E-state index contributed by atoms with van der Waals surface area (Å²) in [5.41, 5.74) is 1.16. The highest BCUT2D eigenvalue weighted by Gasteiger charge is 2.45. The molecule has 1 atom stereocenters. The lowest BCUT2D eigenvalue weighted by molar-refractivity contribution is -0.145. The summed E-state index contributed by atoms with van der Waals surface area (Å²) in [5.74, 6) is 0.957. The van der Waals surface area contributed by atoms with E-state index >= 15 is 0 Å². The number of ether oxygens (including phenoxy) is 1. The molecule has 1 aromatic rings. The van der Waals surface area contributed by atoms with Crippen molar-refractivity contribution in [2.24, 2.45) is 11.3 Å². The maximum Gasteiger partial charge on any atom is 0.228 e. The molecule has 4 nitrogen and oxygen atoms in total. The fourth-order valence-corrected chi connectivity index (χ4v) is 5.82. The van der Waals surface area contributed by atoms with Gasteiger partial charge in [0.1, 0.15) is 0 Å². The third-order valence-electron chi connectivity index (χ3n) is 7.80. The van der Waals surface area contributed by atoms with Crippen molar-refractivity contribution in [3.05, 3.63) is 35.9 Å². The van der Waals surface area contributed by atoms with Crippen LogP contribution in [0.1, 0.15) is 57.4 Å². The number of carbonyl (C=O) groups is 1. The number of benzene rings is 1. The number of nitrogens with zero attached hydrogens (tertiary/aromatic N) is 2. The molecule has 3 aliphatic heterocycles. The maximum atomic E-state index is 13.7. The summed E-state index contributed by atoms with van der Waals surface area (Å²) in [6.45, 7) is 8.21. The Morgan fingerprint density at radius 2 is 1.72 bits per heavy atom. The number of likely N-dealkylation sites (tertiary alicyclic amines) is 2. The van der Waals surface area contributed by atoms with Crippen LogP contribution in [-0.2, 0) is 16.0 Å². The monoisotopic (exact) mass is 398 g/mol. The van der Waals surface area contributed by atoms with E-state index in [0.717, 1.165) is 58.7 Å². The highest BCUT2D eigenvalue weighted by molar-refractivity contribution is 5.83. The largest absolute Gasteiger partial charge is 0.381 e. The van der Waals surface area contributed by atoms with Crippen molar-refractivity contribution in [1.82, 2.24) is 9.80 Å². The van der Waals surface area contributed by atoms with Crippen molar-refractivity contribution in [2.75, 3.05) is 39.4 Å². The molecule has 3 aliphatic rings. The first-order valence-electron chi connectivity index (χ1n) is 11.8. The van der Waals surface area contributed by atoms with Gasteiger partial charge in [0.05, 0.1) is 0 Å². The molecule has 3 fully saturated rings. The number of hydrogen-bond donors (Lipinski definition) is 0. The van der Waals surface area contributed by atoms with Gasteiger partial charge in [-0.2, -0.15) is 0 Å². The number of carbonyl (C=O) groups excluding carboxylic acids is 1. The molecule has 3 saturated heterocycles. The Labute approximate surface area is 176 Å². The molecule has 0 unspecified atom stereocenters. The Bertz CT molecular complexity index is 650. The lowest BCUT2D eigenvalue weighted by atomic mass is 9.68. The second-order valence-electron chi connectivity index (χ2n) is 9.56. The summed E-state index contributed by atoms with van der Waals surface area (Å²) < 4.78 is 5.54. The second-order valence-corrected chi connectivity index (χ2v) is 9.56. The second kappa shape index (κ2) is 9.61. The van der Waals surface area contributed by atoms with Crippen molar-refractivity contribution in [2.45, 2.75) is 64.3 Å². The fraction of sp³-hybridized carbons (Fsp3) is 0.720. The Balaban J connectivity index is 1.37. The van der Waals surface area contributed by atoms with Crippen LogP contribution in [0, 0.1) is 11.3 Å². The van der Waals surface area contributed by atoms with Gasteiger partial charge in [-0.1, -0.05) is 43.7 Å². The van der Waals surface area contributed by atoms with Gasteiger partial charge in [-0.3, -0.25) is 4.79 Å². The van der Waals surface area contributed by atoms with Crippen molar-refractivity contribution in [1.29, 1.82) is 0 Å². The molecule has 4 heteroatoms. The van der Waals surface area contributed by atoms with Crippen LogP contribution in [0.25, 0.3) is 0 Å². The minimum Gasteiger partial charge on any atom is -0.381 e. The summed E-state index contributed by atoms with van der Waals surface area (Å²) in [7, 11) is 0. The van der Waals surface area contributed by atoms with E-state index in [4.69, 9.17) is 4.74 Å². The predicted molar refractivity (Wildman–Crippen MR) is 117 cm³/mol. The molecule has 4 rings (SSSR count). The van der Waals surface area contributed by atoms with Crippen molar-refractivity contribution in [3.8, 4) is 0 Å². The predicted octanol–water partition coefficient (Wildman–Crippen LogP) is 4.14. The standard InChI is InChI=1S/C25H38N2O2/c1-25(22-10-17-26(18-11-22)23-12-19-29-20-13-23)14-5-6-15-27(24(25)28)16-9-21-7-3-2-4-8-21/h2-4,7-8,22-23H,5-6,9-20H2,1H3/t25-/m1/s1. The fourth-order valence-electron chi connectivity index (χ4n) is 5.82. The van der Waals surface area contributed by atoms with E-state index in [1.807, 2.05) is 0 Å². The first-order valence-corrected chi connectivity index (χ1v) is 11.8. The van der Waals surface area contributed by atoms with Gasteiger partial charge in [0.25, 0.3) is 0 Å². The third kappa shape index (κ3) is 4.86. The van der Waals surface area contributed by atoms with Crippen LogP contribution in [0.5, 0.6) is 0 Å². The molecule has 1 aromatic carbocycles. The highest BCUT2D eigenvalue weighted by Crippen LogP contribution is 2.43. The molecule has 0 bridgehead atoms. The number of rotatable bonds is 5. The van der Waals surface area contributed by atoms with Gasteiger partial charge in [0.15, 0.2) is 0 Å². The van der Waals surface area contributed by atoms with Crippen LogP contribution in [0.15, 0.2) is 30.3 Å². The molecular weight excluding hydrogens is 360 g/mol. The van der Waals surface area contributed by atoms with Crippen molar-refractivity contribution < 1.29 is 9.53 Å². The molecule has 29 heavy (non-hydrogen) atoms. The smallest absolute Gasteiger partial charge is 0.228 e. The molecule has 0 N–H and O–H groups in total. The summed E-state index contributed by atoms with van der Waals surface area (Å²) in [6, 6.07) is 11.3. The van der Waals surface area contributed by atoms with Gasteiger partial charge in [0.2, 0.25) is 5.91 Å². The first-order chi connectivity index (χ1) is 14.2. The van der Waals surface area contributed by atoms with E-state index in [-0.39, 0.29) is 5.41 Å². The molecule has 0 aliphatic carbocycles. The van der Waals surface area contributed by atoms with Crippen LogP contribution in [0.3, 0.4) is 0 Å². The van der Waals surface area contributed by atoms with Gasteiger partial charge in [0, 0.05) is 37.8 Å². The number of hydrogen-bond acceptors (Lipinski definition) is 3. The van der Waals surface area contributed by atoms with Gasteiger partial charge in [-0.15, -0.1) is 0 Å². The van der Waals surface area contributed by atoms with Gasteiger partial charge >= 0.3 is 0 Å². The Kier molecular flexibility index (Phi) is 6.92. The SMILES string of the molecule is C[C@]1(C2CCN(C3CCOCC3)CC2)CCCCN(CCc2ccccc2)C1=O. The van der Waals surface area contributed by atoms with Crippen molar-refractivity contribution in [3.63, 3.8) is 0 Å². The molecular formula is C25H38N2O2. The first kappa shape index (κ1) is 20.9.